The van der Waals surface area contributed by atoms with E-state index >= 15 is 0 Å². The highest BCUT2D eigenvalue weighted by molar-refractivity contribution is 5.07. The van der Waals surface area contributed by atoms with Crippen LogP contribution in [0.25, 0.3) is 0 Å². The molecule has 5 fully saturated rings. The quantitative estimate of drug-likeness (QED) is 0.310. The minimum Gasteiger partial charge on any atom is -0.395 e. The summed E-state index contributed by atoms with van der Waals surface area (Å²) in [5.41, 5.74) is 0.469. The van der Waals surface area contributed by atoms with E-state index in [4.69, 9.17) is 4.74 Å². The Morgan fingerprint density at radius 3 is 2.18 bits per heavy atom. The highest BCUT2D eigenvalue weighted by atomic mass is 16.5. The molecule has 5 N–H and O–H groups in total. The molecular formula is C22H37NO5. The molecule has 1 saturated heterocycles. The molecule has 0 unspecified atom stereocenters. The van der Waals surface area contributed by atoms with E-state index < -0.39 is 30.4 Å². The van der Waals surface area contributed by atoms with Crippen molar-refractivity contribution in [3.05, 3.63) is 12.2 Å². The van der Waals surface area contributed by atoms with Gasteiger partial charge >= 0.3 is 0 Å². The van der Waals surface area contributed by atoms with Crippen LogP contribution in [0.2, 0.25) is 0 Å². The Labute approximate surface area is 168 Å². The van der Waals surface area contributed by atoms with E-state index in [9.17, 15) is 20.4 Å². The van der Waals surface area contributed by atoms with Gasteiger partial charge in [-0.3, -0.25) is 0 Å². The van der Waals surface area contributed by atoms with Crippen LogP contribution in [0.5, 0.6) is 0 Å². The van der Waals surface area contributed by atoms with Crippen molar-refractivity contribution in [3.63, 3.8) is 0 Å². The van der Waals surface area contributed by atoms with Gasteiger partial charge in [-0.15, -0.1) is 0 Å². The minimum absolute atomic E-state index is 0.284. The second kappa shape index (κ2) is 8.70. The number of rotatable bonds is 8. The largest absolute Gasteiger partial charge is 0.395 e. The van der Waals surface area contributed by atoms with Crippen molar-refractivity contribution in [1.29, 1.82) is 0 Å². The van der Waals surface area contributed by atoms with E-state index in [0.717, 1.165) is 43.8 Å². The third-order valence-electron chi connectivity index (χ3n) is 7.66. The number of hydrogen-bond donors (Lipinski definition) is 5. The zero-order chi connectivity index (χ0) is 19.7. The van der Waals surface area contributed by atoms with Crippen molar-refractivity contribution >= 4 is 0 Å². The maximum Gasteiger partial charge on any atom is 0.109 e. The SMILES string of the molecule is OC[C@H]1N[C@@H](/C=C\CCCOCC23CC4CC(CC(C4)C2)C3)[C@H](O)[C@@H](O)[C@@H]1O. The third-order valence-corrected chi connectivity index (χ3v) is 7.66. The Kier molecular flexibility index (Phi) is 6.45. The Morgan fingerprint density at radius 2 is 1.57 bits per heavy atom. The van der Waals surface area contributed by atoms with Crippen LogP contribution in [0.3, 0.4) is 0 Å². The van der Waals surface area contributed by atoms with Gasteiger partial charge in [-0.2, -0.15) is 0 Å². The molecule has 4 bridgehead atoms. The highest BCUT2D eigenvalue weighted by Gasteiger charge is 2.50. The number of aliphatic hydroxyl groups is 4. The van der Waals surface area contributed by atoms with Crippen molar-refractivity contribution in [1.82, 2.24) is 5.32 Å². The van der Waals surface area contributed by atoms with E-state index in [1.807, 2.05) is 12.2 Å². The molecule has 1 aliphatic heterocycles. The number of hydrogen-bond acceptors (Lipinski definition) is 6. The zero-order valence-electron chi connectivity index (χ0n) is 16.7. The van der Waals surface area contributed by atoms with Crippen LogP contribution in [-0.4, -0.2) is 70.6 Å². The summed E-state index contributed by atoms with van der Waals surface area (Å²) in [6, 6.07) is -1.10. The molecule has 5 atom stereocenters. The molecule has 160 valence electrons. The Morgan fingerprint density at radius 1 is 0.929 bits per heavy atom. The molecule has 0 amide bonds. The van der Waals surface area contributed by atoms with E-state index in [-0.39, 0.29) is 6.61 Å². The van der Waals surface area contributed by atoms with Crippen LogP contribution in [0.4, 0.5) is 0 Å². The first-order valence-corrected chi connectivity index (χ1v) is 11.2. The van der Waals surface area contributed by atoms with Gasteiger partial charge in [0, 0.05) is 6.61 Å². The van der Waals surface area contributed by atoms with Gasteiger partial charge in [0.05, 0.1) is 31.4 Å². The lowest BCUT2D eigenvalue weighted by Gasteiger charge is -2.56. The van der Waals surface area contributed by atoms with Crippen LogP contribution in [0.1, 0.15) is 51.4 Å². The number of aliphatic hydroxyl groups excluding tert-OH is 4. The molecule has 6 nitrogen and oxygen atoms in total. The normalized spacial score (nSPS) is 47.9. The number of allylic oxidation sites excluding steroid dienone is 1. The van der Waals surface area contributed by atoms with Crippen molar-refractivity contribution in [2.75, 3.05) is 19.8 Å². The van der Waals surface area contributed by atoms with Gasteiger partial charge < -0.3 is 30.5 Å². The lowest BCUT2D eigenvalue weighted by Crippen LogP contribution is -2.65. The van der Waals surface area contributed by atoms with Gasteiger partial charge in [-0.1, -0.05) is 12.2 Å². The Hall–Kier alpha value is -0.500. The lowest BCUT2D eigenvalue weighted by molar-refractivity contribution is -0.112. The fraction of sp³-hybridized carbons (Fsp3) is 0.909. The highest BCUT2D eigenvalue weighted by Crippen LogP contribution is 2.60. The van der Waals surface area contributed by atoms with Gasteiger partial charge in [0.25, 0.3) is 0 Å². The van der Waals surface area contributed by atoms with Crippen LogP contribution in [-0.2, 0) is 4.74 Å². The van der Waals surface area contributed by atoms with Gasteiger partial charge in [0.1, 0.15) is 12.2 Å². The predicted octanol–water partition coefficient (Wildman–Crippen LogP) is 0.971. The average molecular weight is 396 g/mol. The van der Waals surface area contributed by atoms with Crippen LogP contribution < -0.4 is 5.32 Å². The van der Waals surface area contributed by atoms with Gasteiger partial charge in [0.15, 0.2) is 0 Å². The molecule has 4 aliphatic carbocycles. The second-order valence-electron chi connectivity index (χ2n) is 9.99. The second-order valence-corrected chi connectivity index (χ2v) is 9.99. The van der Waals surface area contributed by atoms with Crippen LogP contribution in [0, 0.1) is 23.2 Å². The molecule has 5 rings (SSSR count). The van der Waals surface area contributed by atoms with E-state index in [1.165, 1.54) is 38.5 Å². The van der Waals surface area contributed by atoms with Gasteiger partial charge in [0.2, 0.25) is 0 Å². The van der Waals surface area contributed by atoms with Crippen molar-refractivity contribution in [3.8, 4) is 0 Å². The average Bonchev–Trinajstić information content (AvgIpc) is 2.66. The zero-order valence-corrected chi connectivity index (χ0v) is 16.7. The summed E-state index contributed by atoms with van der Waals surface area (Å²) in [5.74, 6) is 2.89. The molecule has 0 aromatic heterocycles. The maximum atomic E-state index is 10.1. The molecule has 0 radical (unpaired) electrons. The van der Waals surface area contributed by atoms with Crippen LogP contribution in [0.15, 0.2) is 12.2 Å². The minimum atomic E-state index is -1.25. The number of ether oxygens (including phenoxy) is 1. The molecule has 28 heavy (non-hydrogen) atoms. The summed E-state index contributed by atoms with van der Waals surface area (Å²) < 4.78 is 6.09. The standard InChI is InChI=1S/C22H37NO5/c24-12-18-20(26)21(27)19(25)17(23-18)4-2-1-3-5-28-13-22-9-14-6-15(10-22)8-16(7-14)11-22/h2,4,14-21,23-27H,1,3,5-13H2/b4-2-/t14?,15?,16?,17-,18+,19-,20+,21+,22?/m0/s1. The fourth-order valence-corrected chi connectivity index (χ4v) is 6.73. The maximum absolute atomic E-state index is 10.1. The Balaban J connectivity index is 1.15. The molecule has 5 aliphatic rings. The van der Waals surface area contributed by atoms with Crippen molar-refractivity contribution in [2.24, 2.45) is 23.2 Å². The summed E-state index contributed by atoms with van der Waals surface area (Å²) in [6.45, 7) is 1.40. The van der Waals surface area contributed by atoms with E-state index in [2.05, 4.69) is 5.32 Å². The van der Waals surface area contributed by atoms with Gasteiger partial charge in [-0.25, -0.2) is 0 Å². The van der Waals surface area contributed by atoms with Crippen molar-refractivity contribution < 1.29 is 25.2 Å². The summed E-state index contributed by atoms with van der Waals surface area (Å²) in [5, 5.41) is 42.1. The monoisotopic (exact) mass is 395 g/mol. The number of piperidine rings is 1. The predicted molar refractivity (Wildman–Crippen MR) is 106 cm³/mol. The summed E-state index contributed by atoms with van der Waals surface area (Å²) in [7, 11) is 0. The van der Waals surface area contributed by atoms with Gasteiger partial charge in [-0.05, 0) is 74.5 Å². The third kappa shape index (κ3) is 4.32. The topological polar surface area (TPSA) is 102 Å². The fourth-order valence-electron chi connectivity index (χ4n) is 6.73. The molecule has 0 spiro atoms. The first-order chi connectivity index (χ1) is 13.5. The molecule has 1 heterocycles. The molecular weight excluding hydrogens is 358 g/mol. The lowest BCUT2D eigenvalue weighted by atomic mass is 9.50. The van der Waals surface area contributed by atoms with E-state index in [0.29, 0.717) is 5.41 Å². The molecule has 6 heteroatoms. The van der Waals surface area contributed by atoms with Crippen molar-refractivity contribution in [2.45, 2.75) is 81.8 Å². The van der Waals surface area contributed by atoms with E-state index in [1.54, 1.807) is 0 Å². The smallest absolute Gasteiger partial charge is 0.109 e. The Bertz CT molecular complexity index is 516. The molecule has 4 saturated carbocycles. The summed E-state index contributed by atoms with van der Waals surface area (Å²) >= 11 is 0. The first-order valence-electron chi connectivity index (χ1n) is 11.2. The number of nitrogens with one attached hydrogen (secondary N) is 1. The summed E-state index contributed by atoms with van der Waals surface area (Å²) in [6.07, 6.45) is 10.6. The molecule has 0 aromatic carbocycles. The summed E-state index contributed by atoms with van der Waals surface area (Å²) in [4.78, 5) is 0. The molecule has 0 aromatic rings. The first kappa shape index (κ1) is 20.8. The van der Waals surface area contributed by atoms with Crippen LogP contribution >= 0.6 is 0 Å². The number of unbranched alkanes of at least 4 members (excludes halogenated alkanes) is 1.